The minimum atomic E-state index is -0.421. The van der Waals surface area contributed by atoms with Crippen LogP contribution in [-0.4, -0.2) is 21.0 Å². The van der Waals surface area contributed by atoms with Crippen molar-refractivity contribution in [2.75, 3.05) is 11.1 Å². The quantitative estimate of drug-likeness (QED) is 0.515. The number of nitrogens with zero attached hydrogens (tertiary/aromatic N) is 3. The van der Waals surface area contributed by atoms with E-state index < -0.39 is 5.82 Å². The predicted molar refractivity (Wildman–Crippen MR) is 118 cm³/mol. The zero-order valence-corrected chi connectivity index (χ0v) is 17.6. The fourth-order valence-electron chi connectivity index (χ4n) is 3.63. The Morgan fingerprint density at radius 3 is 2.66 bits per heavy atom. The largest absolute Gasteiger partial charge is 0.396 e. The van der Waals surface area contributed by atoms with E-state index in [1.807, 2.05) is 6.07 Å². The second-order valence-electron chi connectivity index (χ2n) is 7.87. The van der Waals surface area contributed by atoms with Gasteiger partial charge in [0.2, 0.25) is 5.95 Å². The number of nitrogens with two attached hydrogens (primary N) is 1. The van der Waals surface area contributed by atoms with Crippen LogP contribution in [0.3, 0.4) is 0 Å². The molecule has 1 fully saturated rings. The third-order valence-electron chi connectivity index (χ3n) is 5.23. The molecular weight excluding hydrogens is 385 g/mol. The summed E-state index contributed by atoms with van der Waals surface area (Å²) in [4.78, 5) is 15.0. The standard InChI is InChI=1S/C22H26FN5S/c1-13(2)21-28-19(14-8-9-16(23)17(24)12-14)20(29-21)18-10-11-25-22(27-18)26-15-6-4-3-5-7-15/h8-13,15H,3-7,24H2,1-2H3,(H,25,26,27). The molecule has 5 nitrogen and oxygen atoms in total. The Morgan fingerprint density at radius 2 is 1.93 bits per heavy atom. The number of aromatic nitrogens is 3. The first kappa shape index (κ1) is 19.8. The third kappa shape index (κ3) is 4.40. The highest BCUT2D eigenvalue weighted by Gasteiger charge is 2.20. The summed E-state index contributed by atoms with van der Waals surface area (Å²) in [6.45, 7) is 4.23. The van der Waals surface area contributed by atoms with Crippen LogP contribution in [0.1, 0.15) is 56.9 Å². The van der Waals surface area contributed by atoms with Gasteiger partial charge in [0, 0.05) is 23.7 Å². The summed E-state index contributed by atoms with van der Waals surface area (Å²) < 4.78 is 13.7. The molecule has 0 spiro atoms. The molecule has 29 heavy (non-hydrogen) atoms. The summed E-state index contributed by atoms with van der Waals surface area (Å²) in [5, 5.41) is 4.50. The van der Waals surface area contributed by atoms with Gasteiger partial charge in [0.15, 0.2) is 0 Å². The molecule has 2 aromatic heterocycles. The molecule has 1 saturated carbocycles. The Morgan fingerprint density at radius 1 is 1.14 bits per heavy atom. The Bertz CT molecular complexity index is 995. The number of hydrogen-bond donors (Lipinski definition) is 2. The second kappa shape index (κ2) is 8.45. The molecule has 1 aliphatic rings. The molecule has 7 heteroatoms. The Hall–Kier alpha value is -2.54. The number of nitrogens with one attached hydrogen (secondary N) is 1. The van der Waals surface area contributed by atoms with E-state index in [2.05, 4.69) is 24.1 Å². The van der Waals surface area contributed by atoms with Crippen LogP contribution < -0.4 is 11.1 Å². The topological polar surface area (TPSA) is 76.7 Å². The molecular formula is C22H26FN5S. The van der Waals surface area contributed by atoms with Gasteiger partial charge in [-0.25, -0.2) is 19.3 Å². The van der Waals surface area contributed by atoms with E-state index in [4.69, 9.17) is 15.7 Å². The fourth-order valence-corrected chi connectivity index (χ4v) is 4.69. The monoisotopic (exact) mass is 411 g/mol. The molecule has 3 N–H and O–H groups in total. The van der Waals surface area contributed by atoms with Gasteiger partial charge in [0.1, 0.15) is 5.82 Å². The minimum absolute atomic E-state index is 0.120. The molecule has 0 amide bonds. The second-order valence-corrected chi connectivity index (χ2v) is 8.90. The van der Waals surface area contributed by atoms with Gasteiger partial charge in [-0.3, -0.25) is 0 Å². The molecule has 0 unspecified atom stereocenters. The van der Waals surface area contributed by atoms with Crippen LogP contribution in [-0.2, 0) is 0 Å². The van der Waals surface area contributed by atoms with Gasteiger partial charge in [0.05, 0.1) is 27.0 Å². The lowest BCUT2D eigenvalue weighted by atomic mass is 9.96. The third-order valence-corrected chi connectivity index (χ3v) is 6.61. The molecule has 2 heterocycles. The number of anilines is 2. The van der Waals surface area contributed by atoms with Gasteiger partial charge >= 0.3 is 0 Å². The summed E-state index contributed by atoms with van der Waals surface area (Å²) in [5.41, 5.74) is 8.33. The van der Waals surface area contributed by atoms with Crippen molar-refractivity contribution >= 4 is 23.0 Å². The molecule has 0 bridgehead atoms. The van der Waals surface area contributed by atoms with Crippen molar-refractivity contribution in [2.24, 2.45) is 0 Å². The summed E-state index contributed by atoms with van der Waals surface area (Å²) in [6, 6.07) is 7.08. The summed E-state index contributed by atoms with van der Waals surface area (Å²) in [5.74, 6) is 0.515. The van der Waals surface area contributed by atoms with Crippen molar-refractivity contribution in [3.8, 4) is 21.8 Å². The van der Waals surface area contributed by atoms with Crippen LogP contribution in [0.25, 0.3) is 21.8 Å². The van der Waals surface area contributed by atoms with Crippen molar-refractivity contribution in [1.29, 1.82) is 0 Å². The van der Waals surface area contributed by atoms with Crippen LogP contribution in [0.15, 0.2) is 30.5 Å². The molecule has 0 radical (unpaired) electrons. The van der Waals surface area contributed by atoms with Crippen LogP contribution in [0.5, 0.6) is 0 Å². The Labute approximate surface area is 174 Å². The lowest BCUT2D eigenvalue weighted by Gasteiger charge is -2.22. The number of nitrogen functional groups attached to an aromatic ring is 1. The van der Waals surface area contributed by atoms with Gasteiger partial charge in [-0.15, -0.1) is 11.3 Å². The minimum Gasteiger partial charge on any atom is -0.396 e. The smallest absolute Gasteiger partial charge is 0.223 e. The normalized spacial score (nSPS) is 15.0. The number of benzene rings is 1. The zero-order chi connectivity index (χ0) is 20.4. The lowest BCUT2D eigenvalue weighted by molar-refractivity contribution is 0.461. The van der Waals surface area contributed by atoms with E-state index in [1.165, 1.54) is 25.3 Å². The van der Waals surface area contributed by atoms with Gasteiger partial charge < -0.3 is 11.1 Å². The van der Waals surface area contributed by atoms with Crippen molar-refractivity contribution in [3.05, 3.63) is 41.3 Å². The van der Waals surface area contributed by atoms with E-state index in [9.17, 15) is 4.39 Å². The SMILES string of the molecule is CC(C)c1nc(-c2ccc(F)c(N)c2)c(-c2ccnc(NC3CCCCC3)n2)s1. The molecule has 152 valence electrons. The first-order valence-electron chi connectivity index (χ1n) is 10.2. The van der Waals surface area contributed by atoms with Crippen LogP contribution in [0, 0.1) is 5.82 Å². The van der Waals surface area contributed by atoms with Gasteiger partial charge in [-0.05, 0) is 37.1 Å². The summed E-state index contributed by atoms with van der Waals surface area (Å²) in [7, 11) is 0. The Kier molecular flexibility index (Phi) is 5.76. The van der Waals surface area contributed by atoms with Gasteiger partial charge in [-0.2, -0.15) is 0 Å². The van der Waals surface area contributed by atoms with E-state index in [0.717, 1.165) is 39.7 Å². The maximum Gasteiger partial charge on any atom is 0.223 e. The average Bonchev–Trinajstić information content (AvgIpc) is 3.17. The highest BCUT2D eigenvalue weighted by atomic mass is 32.1. The van der Waals surface area contributed by atoms with Gasteiger partial charge in [-0.1, -0.05) is 33.1 Å². The molecule has 4 rings (SSSR count). The van der Waals surface area contributed by atoms with Crippen molar-refractivity contribution in [3.63, 3.8) is 0 Å². The highest BCUT2D eigenvalue weighted by molar-refractivity contribution is 7.15. The maximum atomic E-state index is 13.7. The van der Waals surface area contributed by atoms with Crippen molar-refractivity contribution < 1.29 is 4.39 Å². The van der Waals surface area contributed by atoms with Crippen molar-refractivity contribution in [1.82, 2.24) is 15.0 Å². The lowest BCUT2D eigenvalue weighted by Crippen LogP contribution is -2.23. The van der Waals surface area contributed by atoms with E-state index >= 15 is 0 Å². The number of halogens is 1. The van der Waals surface area contributed by atoms with E-state index in [-0.39, 0.29) is 11.6 Å². The Balaban J connectivity index is 1.72. The predicted octanol–water partition coefficient (Wildman–Crippen LogP) is 5.86. The first-order chi connectivity index (χ1) is 14.0. The molecule has 0 atom stereocenters. The molecule has 1 aliphatic carbocycles. The average molecular weight is 412 g/mol. The fraction of sp³-hybridized carbons (Fsp3) is 0.409. The molecule has 0 saturated heterocycles. The van der Waals surface area contributed by atoms with E-state index in [0.29, 0.717) is 12.0 Å². The van der Waals surface area contributed by atoms with E-state index in [1.54, 1.807) is 29.7 Å². The van der Waals surface area contributed by atoms with Crippen LogP contribution >= 0.6 is 11.3 Å². The summed E-state index contributed by atoms with van der Waals surface area (Å²) >= 11 is 1.62. The molecule has 0 aliphatic heterocycles. The number of hydrogen-bond acceptors (Lipinski definition) is 6. The van der Waals surface area contributed by atoms with Crippen LogP contribution in [0.4, 0.5) is 16.0 Å². The van der Waals surface area contributed by atoms with Crippen molar-refractivity contribution in [2.45, 2.75) is 57.9 Å². The maximum absolute atomic E-state index is 13.7. The zero-order valence-electron chi connectivity index (χ0n) is 16.8. The first-order valence-corrected chi connectivity index (χ1v) is 11.0. The number of rotatable bonds is 5. The summed E-state index contributed by atoms with van der Waals surface area (Å²) in [6.07, 6.45) is 7.91. The van der Waals surface area contributed by atoms with Crippen LogP contribution in [0.2, 0.25) is 0 Å². The number of thiazole rings is 1. The van der Waals surface area contributed by atoms with Gasteiger partial charge in [0.25, 0.3) is 0 Å². The molecule has 3 aromatic rings. The molecule has 1 aromatic carbocycles. The highest BCUT2D eigenvalue weighted by Crippen LogP contribution is 2.39.